The fourth-order valence-electron chi connectivity index (χ4n) is 4.25. The van der Waals surface area contributed by atoms with E-state index in [0.29, 0.717) is 17.2 Å². The molecule has 0 radical (unpaired) electrons. The first-order chi connectivity index (χ1) is 11.8. The molecule has 25 heavy (non-hydrogen) atoms. The summed E-state index contributed by atoms with van der Waals surface area (Å²) in [6.07, 6.45) is 8.12. The van der Waals surface area contributed by atoms with Gasteiger partial charge in [0.05, 0.1) is 0 Å². The third kappa shape index (κ3) is 3.02. The highest BCUT2D eigenvalue weighted by atomic mass is 35.5. The lowest BCUT2D eigenvalue weighted by atomic mass is 10.0. The van der Waals surface area contributed by atoms with Crippen molar-refractivity contribution in [3.8, 4) is 11.4 Å². The van der Waals surface area contributed by atoms with Gasteiger partial charge in [-0.2, -0.15) is 4.98 Å². The largest absolute Gasteiger partial charge is 0.357 e. The van der Waals surface area contributed by atoms with Gasteiger partial charge in [-0.25, -0.2) is 4.98 Å². The summed E-state index contributed by atoms with van der Waals surface area (Å²) >= 11 is 0. The lowest BCUT2D eigenvalue weighted by Gasteiger charge is -2.27. The van der Waals surface area contributed by atoms with Gasteiger partial charge in [-0.05, 0) is 56.2 Å². The Hall–Kier alpha value is -1.66. The van der Waals surface area contributed by atoms with Crippen LogP contribution in [0.1, 0.15) is 43.9 Å². The van der Waals surface area contributed by atoms with Crippen LogP contribution in [0.2, 0.25) is 0 Å². The van der Waals surface area contributed by atoms with Gasteiger partial charge in [0.25, 0.3) is 0 Å². The topological polar surface area (TPSA) is 67.1 Å². The molecule has 0 amide bonds. The highest BCUT2D eigenvalue weighted by Gasteiger charge is 2.58. The van der Waals surface area contributed by atoms with E-state index in [2.05, 4.69) is 37.5 Å². The van der Waals surface area contributed by atoms with E-state index in [1.807, 2.05) is 6.20 Å². The number of rotatable bonds is 3. The van der Waals surface area contributed by atoms with Crippen LogP contribution in [0.3, 0.4) is 0 Å². The van der Waals surface area contributed by atoms with Crippen molar-refractivity contribution < 1.29 is 4.52 Å². The SMILES string of the molecule is Cl.c1cc(N2CCCCC2)ncc1-c1noc(C2CC23CCNC3)n1. The monoisotopic (exact) mass is 361 g/mol. The molecule has 4 heterocycles. The molecule has 3 aliphatic rings. The standard InChI is InChI=1S/C18H23N5O.ClH/c1-2-8-23(9-3-1)15-5-4-13(11-20-15)16-21-17(24-22-16)14-10-18(14)6-7-19-12-18;/h4-5,11,14,19H,1-3,6-10,12H2;1H. The number of aromatic nitrogens is 3. The number of hydrogen-bond donors (Lipinski definition) is 1. The zero-order valence-corrected chi connectivity index (χ0v) is 15.1. The molecule has 2 saturated heterocycles. The number of piperidine rings is 1. The van der Waals surface area contributed by atoms with Gasteiger partial charge in [0.1, 0.15) is 5.82 Å². The molecule has 3 fully saturated rings. The van der Waals surface area contributed by atoms with E-state index in [1.54, 1.807) is 0 Å². The van der Waals surface area contributed by atoms with Crippen molar-refractivity contribution in [1.29, 1.82) is 0 Å². The van der Waals surface area contributed by atoms with Crippen molar-refractivity contribution >= 4 is 18.2 Å². The quantitative estimate of drug-likeness (QED) is 0.906. The predicted octanol–water partition coefficient (Wildman–Crippen LogP) is 3.01. The lowest BCUT2D eigenvalue weighted by Crippen LogP contribution is -2.29. The van der Waals surface area contributed by atoms with Crippen molar-refractivity contribution in [1.82, 2.24) is 20.4 Å². The Morgan fingerprint density at radius 3 is 2.80 bits per heavy atom. The van der Waals surface area contributed by atoms with Gasteiger partial charge in [0.2, 0.25) is 11.7 Å². The summed E-state index contributed by atoms with van der Waals surface area (Å²) in [6.45, 7) is 4.41. The summed E-state index contributed by atoms with van der Waals surface area (Å²) in [5.74, 6) is 2.96. The highest BCUT2D eigenvalue weighted by molar-refractivity contribution is 5.85. The van der Waals surface area contributed by atoms with Crippen molar-refractivity contribution in [3.05, 3.63) is 24.2 Å². The molecule has 2 aromatic heterocycles. The van der Waals surface area contributed by atoms with Crippen molar-refractivity contribution in [2.45, 2.75) is 38.0 Å². The molecule has 0 bridgehead atoms. The number of halogens is 1. The van der Waals surface area contributed by atoms with Crippen LogP contribution in [-0.4, -0.2) is 41.3 Å². The van der Waals surface area contributed by atoms with Crippen molar-refractivity contribution in [2.75, 3.05) is 31.1 Å². The molecule has 134 valence electrons. The second-order valence-corrected chi connectivity index (χ2v) is 7.45. The molecule has 7 heteroatoms. The molecule has 2 aliphatic heterocycles. The molecule has 6 nitrogen and oxygen atoms in total. The molecular formula is C18H24ClN5O. The van der Waals surface area contributed by atoms with Gasteiger partial charge >= 0.3 is 0 Å². The Labute approximate surface area is 153 Å². The maximum absolute atomic E-state index is 5.55. The summed E-state index contributed by atoms with van der Waals surface area (Å²) in [5, 5.41) is 7.63. The Morgan fingerprint density at radius 1 is 1.20 bits per heavy atom. The maximum atomic E-state index is 5.55. The predicted molar refractivity (Wildman–Crippen MR) is 98.1 cm³/mol. The van der Waals surface area contributed by atoms with Crippen LogP contribution in [0, 0.1) is 5.41 Å². The Morgan fingerprint density at radius 2 is 2.08 bits per heavy atom. The second-order valence-electron chi connectivity index (χ2n) is 7.45. The minimum Gasteiger partial charge on any atom is -0.357 e. The van der Waals surface area contributed by atoms with Crippen LogP contribution in [0.25, 0.3) is 11.4 Å². The van der Waals surface area contributed by atoms with E-state index in [-0.39, 0.29) is 12.4 Å². The molecule has 1 spiro atoms. The van der Waals surface area contributed by atoms with Gasteiger partial charge in [0.15, 0.2) is 0 Å². The maximum Gasteiger partial charge on any atom is 0.230 e. The molecular weight excluding hydrogens is 338 g/mol. The summed E-state index contributed by atoms with van der Waals surface area (Å²) in [5.41, 5.74) is 1.32. The number of nitrogens with zero attached hydrogens (tertiary/aromatic N) is 4. The van der Waals surface area contributed by atoms with Crippen molar-refractivity contribution in [2.24, 2.45) is 5.41 Å². The van der Waals surface area contributed by atoms with Crippen LogP contribution in [-0.2, 0) is 0 Å². The van der Waals surface area contributed by atoms with Crippen LogP contribution in [0.5, 0.6) is 0 Å². The first kappa shape index (κ1) is 16.8. The first-order valence-corrected chi connectivity index (χ1v) is 9.10. The molecule has 0 aromatic carbocycles. The Bertz CT molecular complexity index is 719. The van der Waals surface area contributed by atoms with Crippen LogP contribution in [0.4, 0.5) is 5.82 Å². The van der Waals surface area contributed by atoms with Crippen LogP contribution in [0.15, 0.2) is 22.9 Å². The van der Waals surface area contributed by atoms with E-state index in [9.17, 15) is 0 Å². The second kappa shape index (κ2) is 6.57. The number of hydrogen-bond acceptors (Lipinski definition) is 6. The highest BCUT2D eigenvalue weighted by Crippen LogP contribution is 2.62. The molecule has 2 atom stereocenters. The third-order valence-electron chi connectivity index (χ3n) is 5.89. The van der Waals surface area contributed by atoms with Gasteiger partial charge in [-0.3, -0.25) is 0 Å². The number of nitrogens with one attached hydrogen (secondary N) is 1. The van der Waals surface area contributed by atoms with Crippen molar-refractivity contribution in [3.63, 3.8) is 0 Å². The van der Waals surface area contributed by atoms with E-state index in [0.717, 1.165) is 43.5 Å². The lowest BCUT2D eigenvalue weighted by molar-refractivity contribution is 0.364. The molecule has 2 unspecified atom stereocenters. The van der Waals surface area contributed by atoms with Crippen LogP contribution < -0.4 is 10.2 Å². The third-order valence-corrected chi connectivity index (χ3v) is 5.89. The zero-order chi connectivity index (χ0) is 16.0. The normalized spacial score (nSPS) is 28.2. The van der Waals surface area contributed by atoms with E-state index < -0.39 is 0 Å². The summed E-state index contributed by atoms with van der Waals surface area (Å²) in [6, 6.07) is 4.14. The summed E-state index contributed by atoms with van der Waals surface area (Å²) in [7, 11) is 0. The fraction of sp³-hybridized carbons (Fsp3) is 0.611. The number of anilines is 1. The minimum absolute atomic E-state index is 0. The van der Waals surface area contributed by atoms with E-state index in [4.69, 9.17) is 4.52 Å². The van der Waals surface area contributed by atoms with Crippen LogP contribution >= 0.6 is 12.4 Å². The molecule has 5 rings (SSSR count). The minimum atomic E-state index is 0. The van der Waals surface area contributed by atoms with E-state index >= 15 is 0 Å². The summed E-state index contributed by atoms with van der Waals surface area (Å²) in [4.78, 5) is 11.6. The molecule has 2 aromatic rings. The summed E-state index contributed by atoms with van der Waals surface area (Å²) < 4.78 is 5.55. The Balaban J connectivity index is 0.00000157. The average molecular weight is 362 g/mol. The molecule has 1 saturated carbocycles. The van der Waals surface area contributed by atoms with Gasteiger partial charge < -0.3 is 14.7 Å². The first-order valence-electron chi connectivity index (χ1n) is 9.10. The van der Waals surface area contributed by atoms with Gasteiger partial charge in [-0.1, -0.05) is 5.16 Å². The van der Waals surface area contributed by atoms with E-state index in [1.165, 1.54) is 32.1 Å². The zero-order valence-electron chi connectivity index (χ0n) is 14.3. The Kier molecular flexibility index (Phi) is 4.41. The fourth-order valence-corrected chi connectivity index (χ4v) is 4.25. The average Bonchev–Trinajstić information content (AvgIpc) is 3.00. The molecule has 1 N–H and O–H groups in total. The van der Waals surface area contributed by atoms with Gasteiger partial charge in [-0.15, -0.1) is 12.4 Å². The molecule has 1 aliphatic carbocycles. The smallest absolute Gasteiger partial charge is 0.230 e. The van der Waals surface area contributed by atoms with Gasteiger partial charge in [0, 0.05) is 37.3 Å². The number of pyridine rings is 1.